The zero-order valence-electron chi connectivity index (χ0n) is 14.3. The van der Waals surface area contributed by atoms with Crippen LogP contribution in [0.4, 0.5) is 5.82 Å². The monoisotopic (exact) mass is 351 g/mol. The topological polar surface area (TPSA) is 36.4 Å². The highest BCUT2D eigenvalue weighted by Gasteiger charge is 2.23. The molecule has 0 N–H and O–H groups in total. The number of fused-ring (bicyclic) bond motifs is 1. The van der Waals surface area contributed by atoms with Gasteiger partial charge in [0.1, 0.15) is 5.82 Å². The first kappa shape index (κ1) is 16.1. The van der Waals surface area contributed by atoms with Crippen molar-refractivity contribution in [1.82, 2.24) is 9.88 Å². The molecule has 0 atom stereocenters. The van der Waals surface area contributed by atoms with Gasteiger partial charge in [0.2, 0.25) is 5.91 Å². The lowest BCUT2D eigenvalue weighted by Crippen LogP contribution is -2.49. The first-order valence-electron chi connectivity index (χ1n) is 8.62. The van der Waals surface area contributed by atoms with Gasteiger partial charge < -0.3 is 9.80 Å². The van der Waals surface area contributed by atoms with E-state index in [0.717, 1.165) is 42.4 Å². The molecule has 1 aliphatic rings. The minimum Gasteiger partial charge on any atom is -0.353 e. The normalized spacial score (nSPS) is 14.9. The number of nitrogens with zero attached hydrogens (tertiary/aromatic N) is 3. The van der Waals surface area contributed by atoms with Crippen molar-refractivity contribution >= 4 is 34.0 Å². The van der Waals surface area contributed by atoms with Gasteiger partial charge in [-0.3, -0.25) is 4.79 Å². The van der Waals surface area contributed by atoms with Gasteiger partial charge in [0, 0.05) is 36.4 Å². The van der Waals surface area contributed by atoms with Crippen LogP contribution in [0.3, 0.4) is 0 Å². The van der Waals surface area contributed by atoms with E-state index in [1.807, 2.05) is 34.5 Å². The summed E-state index contributed by atoms with van der Waals surface area (Å²) in [4.78, 5) is 22.7. The van der Waals surface area contributed by atoms with E-state index in [2.05, 4.69) is 30.0 Å². The Bertz CT molecular complexity index is 883. The number of carbonyl (C=O) groups excluding carboxylic acids is 1. The van der Waals surface area contributed by atoms with E-state index < -0.39 is 0 Å². The van der Waals surface area contributed by atoms with Gasteiger partial charge in [0.15, 0.2) is 0 Å². The minimum absolute atomic E-state index is 0.227. The summed E-state index contributed by atoms with van der Waals surface area (Å²) < 4.78 is 0. The largest absolute Gasteiger partial charge is 0.353 e. The van der Waals surface area contributed by atoms with Crippen LogP contribution in [-0.2, 0) is 11.2 Å². The number of benzene rings is 1. The Hall–Kier alpha value is -2.40. The number of hydrogen-bond donors (Lipinski definition) is 0. The molecular weight excluding hydrogens is 330 g/mol. The average molecular weight is 351 g/mol. The summed E-state index contributed by atoms with van der Waals surface area (Å²) in [5.41, 5.74) is 2.22. The quantitative estimate of drug-likeness (QED) is 0.725. The molecule has 128 valence electrons. The number of thiophene rings is 1. The first-order chi connectivity index (χ1) is 12.2. The van der Waals surface area contributed by atoms with Crippen LogP contribution in [0.5, 0.6) is 0 Å². The van der Waals surface area contributed by atoms with Gasteiger partial charge in [-0.05, 0) is 36.1 Å². The van der Waals surface area contributed by atoms with Crippen molar-refractivity contribution < 1.29 is 4.79 Å². The number of aryl methyl sites for hydroxylation is 1. The van der Waals surface area contributed by atoms with Gasteiger partial charge in [-0.1, -0.05) is 24.3 Å². The van der Waals surface area contributed by atoms with Crippen LogP contribution >= 0.6 is 11.3 Å². The SMILES string of the molecule is Cc1cc2ccccc2nc1N1CCN(C(=O)Cc2cccs2)CC1. The number of hydrogen-bond acceptors (Lipinski definition) is 4. The Morgan fingerprint density at radius 2 is 1.92 bits per heavy atom. The maximum Gasteiger partial charge on any atom is 0.227 e. The van der Waals surface area contributed by atoms with Gasteiger partial charge in [-0.15, -0.1) is 11.3 Å². The van der Waals surface area contributed by atoms with Crippen LogP contribution in [0, 0.1) is 6.92 Å². The maximum atomic E-state index is 12.4. The smallest absolute Gasteiger partial charge is 0.227 e. The Labute approximate surface area is 151 Å². The molecule has 1 saturated heterocycles. The highest BCUT2D eigenvalue weighted by atomic mass is 32.1. The molecule has 0 radical (unpaired) electrons. The predicted octanol–water partition coefficient (Wildman–Crippen LogP) is 3.50. The second kappa shape index (κ2) is 6.84. The van der Waals surface area contributed by atoms with Crippen molar-refractivity contribution in [3.63, 3.8) is 0 Å². The van der Waals surface area contributed by atoms with E-state index in [-0.39, 0.29) is 5.91 Å². The molecule has 0 unspecified atom stereocenters. The summed E-state index contributed by atoms with van der Waals surface area (Å²) in [5, 5.41) is 3.20. The molecule has 3 heterocycles. The number of rotatable bonds is 3. The Kier molecular flexibility index (Phi) is 4.40. The summed E-state index contributed by atoms with van der Waals surface area (Å²) in [6.07, 6.45) is 0.519. The van der Waals surface area contributed by atoms with Gasteiger partial charge in [-0.25, -0.2) is 4.98 Å². The summed E-state index contributed by atoms with van der Waals surface area (Å²) in [7, 11) is 0. The van der Waals surface area contributed by atoms with Crippen molar-refractivity contribution in [2.75, 3.05) is 31.1 Å². The molecule has 0 spiro atoms. The van der Waals surface area contributed by atoms with Crippen LogP contribution in [0.1, 0.15) is 10.4 Å². The molecular formula is C20H21N3OS. The van der Waals surface area contributed by atoms with E-state index in [9.17, 15) is 4.79 Å². The number of pyridine rings is 1. The lowest BCUT2D eigenvalue weighted by Gasteiger charge is -2.36. The predicted molar refractivity (Wildman–Crippen MR) is 103 cm³/mol. The molecule has 0 aliphatic carbocycles. The molecule has 4 nitrogen and oxygen atoms in total. The molecule has 1 aromatic carbocycles. The van der Waals surface area contributed by atoms with E-state index >= 15 is 0 Å². The second-order valence-electron chi connectivity index (χ2n) is 6.45. The Morgan fingerprint density at radius 3 is 2.68 bits per heavy atom. The lowest BCUT2D eigenvalue weighted by atomic mass is 10.1. The van der Waals surface area contributed by atoms with Gasteiger partial charge in [-0.2, -0.15) is 0 Å². The van der Waals surface area contributed by atoms with Gasteiger partial charge in [0.25, 0.3) is 0 Å². The number of anilines is 1. The minimum atomic E-state index is 0.227. The molecule has 4 rings (SSSR count). The Balaban J connectivity index is 1.45. The van der Waals surface area contributed by atoms with Crippen LogP contribution < -0.4 is 4.90 Å². The van der Waals surface area contributed by atoms with Crippen LogP contribution in [0.15, 0.2) is 47.8 Å². The van der Waals surface area contributed by atoms with E-state index in [1.165, 1.54) is 10.9 Å². The summed E-state index contributed by atoms with van der Waals surface area (Å²) in [5.74, 6) is 1.27. The van der Waals surface area contributed by atoms with Crippen molar-refractivity contribution in [2.45, 2.75) is 13.3 Å². The zero-order chi connectivity index (χ0) is 17.2. The van der Waals surface area contributed by atoms with Crippen LogP contribution in [0.25, 0.3) is 10.9 Å². The number of aromatic nitrogens is 1. The summed E-state index contributed by atoms with van der Waals surface area (Å²) >= 11 is 1.65. The highest BCUT2D eigenvalue weighted by Crippen LogP contribution is 2.24. The van der Waals surface area contributed by atoms with Gasteiger partial charge >= 0.3 is 0 Å². The lowest BCUT2D eigenvalue weighted by molar-refractivity contribution is -0.130. The van der Waals surface area contributed by atoms with Gasteiger partial charge in [0.05, 0.1) is 11.9 Å². The third-order valence-electron chi connectivity index (χ3n) is 4.73. The molecule has 1 amide bonds. The fourth-order valence-corrected chi connectivity index (χ4v) is 4.07. The molecule has 3 aromatic rings. The summed E-state index contributed by atoms with van der Waals surface area (Å²) in [6.45, 7) is 5.31. The molecule has 1 aliphatic heterocycles. The van der Waals surface area contributed by atoms with Crippen molar-refractivity contribution in [3.05, 3.63) is 58.3 Å². The third kappa shape index (κ3) is 3.37. The maximum absolute atomic E-state index is 12.4. The fraction of sp³-hybridized carbons (Fsp3) is 0.300. The second-order valence-corrected chi connectivity index (χ2v) is 7.48. The first-order valence-corrected chi connectivity index (χ1v) is 9.50. The van der Waals surface area contributed by atoms with E-state index in [1.54, 1.807) is 11.3 Å². The highest BCUT2D eigenvalue weighted by molar-refractivity contribution is 7.10. The van der Waals surface area contributed by atoms with Crippen molar-refractivity contribution in [3.8, 4) is 0 Å². The number of amides is 1. The number of para-hydroxylation sites is 1. The van der Waals surface area contributed by atoms with Crippen LogP contribution in [-0.4, -0.2) is 42.0 Å². The molecule has 2 aromatic heterocycles. The molecule has 1 fully saturated rings. The average Bonchev–Trinajstić information content (AvgIpc) is 3.14. The fourth-order valence-electron chi connectivity index (χ4n) is 3.37. The van der Waals surface area contributed by atoms with E-state index in [0.29, 0.717) is 6.42 Å². The molecule has 0 saturated carbocycles. The third-order valence-corrected chi connectivity index (χ3v) is 5.60. The summed E-state index contributed by atoms with van der Waals surface area (Å²) in [6, 6.07) is 14.4. The standard InChI is InChI=1S/C20H21N3OS/c1-15-13-16-5-2-3-7-18(16)21-20(15)23-10-8-22(9-11-23)19(24)14-17-6-4-12-25-17/h2-7,12-13H,8-11,14H2,1H3. The van der Waals surface area contributed by atoms with Crippen molar-refractivity contribution in [1.29, 1.82) is 0 Å². The molecule has 0 bridgehead atoms. The van der Waals surface area contributed by atoms with Crippen molar-refractivity contribution in [2.24, 2.45) is 0 Å². The Morgan fingerprint density at radius 1 is 1.12 bits per heavy atom. The number of piperazine rings is 1. The van der Waals surface area contributed by atoms with E-state index in [4.69, 9.17) is 4.98 Å². The zero-order valence-corrected chi connectivity index (χ0v) is 15.1. The number of carbonyl (C=O) groups is 1. The molecule has 25 heavy (non-hydrogen) atoms. The molecule has 5 heteroatoms. The van der Waals surface area contributed by atoms with Crippen LogP contribution in [0.2, 0.25) is 0 Å².